The van der Waals surface area contributed by atoms with Crippen LogP contribution in [0.25, 0.3) is 11.3 Å². The lowest BCUT2D eigenvalue weighted by atomic mass is 10.1. The molecular formula is C19H17N3O2S. The van der Waals surface area contributed by atoms with Crippen molar-refractivity contribution in [3.05, 3.63) is 70.1 Å². The number of carboxylic acid groups (broad SMARTS) is 1. The van der Waals surface area contributed by atoms with E-state index in [9.17, 15) is 4.79 Å². The lowest BCUT2D eigenvalue weighted by molar-refractivity contribution is 0.0697. The van der Waals surface area contributed by atoms with E-state index in [0.29, 0.717) is 10.7 Å². The molecule has 1 heterocycles. The number of benzene rings is 2. The van der Waals surface area contributed by atoms with Crippen LogP contribution in [0.3, 0.4) is 0 Å². The number of carbonyl (C=O) groups is 1. The van der Waals surface area contributed by atoms with Crippen molar-refractivity contribution in [1.29, 1.82) is 0 Å². The summed E-state index contributed by atoms with van der Waals surface area (Å²) in [6, 6.07) is 13.0. The van der Waals surface area contributed by atoms with Gasteiger partial charge in [-0.05, 0) is 37.1 Å². The summed E-state index contributed by atoms with van der Waals surface area (Å²) < 4.78 is 0. The van der Waals surface area contributed by atoms with Crippen molar-refractivity contribution in [1.82, 2.24) is 4.98 Å². The zero-order chi connectivity index (χ0) is 17.8. The molecule has 3 rings (SSSR count). The lowest BCUT2D eigenvalue weighted by Crippen LogP contribution is -2.02. The van der Waals surface area contributed by atoms with E-state index in [1.165, 1.54) is 28.7 Å². The van der Waals surface area contributed by atoms with Gasteiger partial charge in [-0.25, -0.2) is 9.78 Å². The molecule has 0 spiro atoms. The third kappa shape index (κ3) is 3.92. The van der Waals surface area contributed by atoms with Crippen LogP contribution in [0.4, 0.5) is 5.13 Å². The second-order valence-electron chi connectivity index (χ2n) is 5.60. The Bertz CT molecular complexity index is 947. The summed E-state index contributed by atoms with van der Waals surface area (Å²) in [7, 11) is 0. The van der Waals surface area contributed by atoms with Gasteiger partial charge in [0.15, 0.2) is 0 Å². The van der Waals surface area contributed by atoms with Gasteiger partial charge in [-0.15, -0.1) is 11.3 Å². The number of thiazole rings is 1. The number of aryl methyl sites for hydroxylation is 2. The minimum absolute atomic E-state index is 0.211. The van der Waals surface area contributed by atoms with Gasteiger partial charge in [0, 0.05) is 16.5 Å². The molecule has 0 fully saturated rings. The van der Waals surface area contributed by atoms with Crippen LogP contribution in [0.15, 0.2) is 52.9 Å². The number of anilines is 1. The highest BCUT2D eigenvalue weighted by Gasteiger charge is 2.07. The fourth-order valence-corrected chi connectivity index (χ4v) is 2.99. The molecule has 0 aliphatic carbocycles. The molecule has 5 nitrogen and oxygen atoms in total. The highest BCUT2D eigenvalue weighted by atomic mass is 32.1. The summed E-state index contributed by atoms with van der Waals surface area (Å²) in [5.74, 6) is -0.978. The minimum Gasteiger partial charge on any atom is -0.478 e. The maximum absolute atomic E-state index is 11.2. The van der Waals surface area contributed by atoms with Gasteiger partial charge in [-0.1, -0.05) is 30.3 Å². The van der Waals surface area contributed by atoms with E-state index in [-0.39, 0.29) is 5.56 Å². The number of hydrogen-bond acceptors (Lipinski definition) is 5. The number of carboxylic acids is 1. The number of nitrogens with zero attached hydrogens (tertiary/aromatic N) is 2. The van der Waals surface area contributed by atoms with E-state index >= 15 is 0 Å². The molecule has 0 aliphatic rings. The number of aromatic nitrogens is 1. The zero-order valence-electron chi connectivity index (χ0n) is 13.9. The van der Waals surface area contributed by atoms with Crippen LogP contribution in [0.1, 0.15) is 27.0 Å². The van der Waals surface area contributed by atoms with Crippen LogP contribution in [0.5, 0.6) is 0 Å². The molecule has 0 bridgehead atoms. The first-order valence-corrected chi connectivity index (χ1v) is 8.57. The third-order valence-electron chi connectivity index (χ3n) is 3.86. The molecule has 0 amide bonds. The Morgan fingerprint density at radius 2 is 2.00 bits per heavy atom. The largest absolute Gasteiger partial charge is 0.478 e. The van der Waals surface area contributed by atoms with E-state index in [1.54, 1.807) is 24.3 Å². The summed E-state index contributed by atoms with van der Waals surface area (Å²) >= 11 is 1.45. The Hall–Kier alpha value is -2.99. The molecule has 2 N–H and O–H groups in total. The van der Waals surface area contributed by atoms with Crippen LogP contribution in [0.2, 0.25) is 0 Å². The maximum Gasteiger partial charge on any atom is 0.336 e. The molecule has 6 heteroatoms. The van der Waals surface area contributed by atoms with Crippen molar-refractivity contribution < 1.29 is 9.90 Å². The van der Waals surface area contributed by atoms with Gasteiger partial charge < -0.3 is 5.11 Å². The summed E-state index contributed by atoms with van der Waals surface area (Å²) in [6.45, 7) is 4.16. The quantitative estimate of drug-likeness (QED) is 0.521. The highest BCUT2D eigenvalue weighted by molar-refractivity contribution is 7.14. The number of hydrazone groups is 1. The maximum atomic E-state index is 11.2. The molecule has 0 aliphatic heterocycles. The smallest absolute Gasteiger partial charge is 0.336 e. The van der Waals surface area contributed by atoms with Gasteiger partial charge in [0.05, 0.1) is 17.5 Å². The Morgan fingerprint density at radius 1 is 1.20 bits per heavy atom. The third-order valence-corrected chi connectivity index (χ3v) is 4.61. The summed E-state index contributed by atoms with van der Waals surface area (Å²) in [6.07, 6.45) is 1.49. The molecule has 0 saturated heterocycles. The van der Waals surface area contributed by atoms with Crippen molar-refractivity contribution in [3.63, 3.8) is 0 Å². The van der Waals surface area contributed by atoms with E-state index < -0.39 is 5.97 Å². The first-order valence-electron chi connectivity index (χ1n) is 7.69. The number of rotatable bonds is 5. The Balaban J connectivity index is 1.74. The molecule has 126 valence electrons. The average molecular weight is 351 g/mol. The van der Waals surface area contributed by atoms with Crippen LogP contribution < -0.4 is 5.43 Å². The molecule has 0 radical (unpaired) electrons. The number of hydrogen-bond donors (Lipinski definition) is 2. The minimum atomic E-state index is -0.978. The van der Waals surface area contributed by atoms with Crippen molar-refractivity contribution in [2.45, 2.75) is 13.8 Å². The molecule has 3 aromatic rings. The van der Waals surface area contributed by atoms with Gasteiger partial charge in [-0.2, -0.15) is 5.10 Å². The number of nitrogens with one attached hydrogen (secondary N) is 1. The standard InChI is InChI=1S/C19H17N3O2S/c1-12-7-8-14(9-13(12)2)17-11-25-19(21-17)22-20-10-15-5-3-4-6-16(15)18(23)24/h3-11H,1-2H3,(H,21,22)(H,23,24)/b20-10-. The van der Waals surface area contributed by atoms with Crippen LogP contribution in [-0.4, -0.2) is 22.3 Å². The molecule has 0 saturated carbocycles. The van der Waals surface area contributed by atoms with E-state index in [2.05, 4.69) is 41.5 Å². The predicted octanol–water partition coefficient (Wildman–Crippen LogP) is 4.57. The van der Waals surface area contributed by atoms with E-state index in [4.69, 9.17) is 5.11 Å². The fraction of sp³-hybridized carbons (Fsp3) is 0.105. The monoisotopic (exact) mass is 351 g/mol. The average Bonchev–Trinajstić information content (AvgIpc) is 3.06. The first-order chi connectivity index (χ1) is 12.0. The van der Waals surface area contributed by atoms with Crippen molar-refractivity contribution in [3.8, 4) is 11.3 Å². The van der Waals surface area contributed by atoms with E-state index in [1.807, 2.05) is 11.4 Å². The highest BCUT2D eigenvalue weighted by Crippen LogP contribution is 2.26. The van der Waals surface area contributed by atoms with Gasteiger partial charge in [0.25, 0.3) is 0 Å². The van der Waals surface area contributed by atoms with Gasteiger partial charge >= 0.3 is 5.97 Å². The zero-order valence-corrected chi connectivity index (χ0v) is 14.7. The molecule has 0 unspecified atom stereocenters. The van der Waals surface area contributed by atoms with Crippen molar-refractivity contribution in [2.24, 2.45) is 5.10 Å². The van der Waals surface area contributed by atoms with Crippen LogP contribution >= 0.6 is 11.3 Å². The SMILES string of the molecule is Cc1ccc(-c2csc(N/N=C\c3ccccc3C(=O)O)n2)cc1C. The van der Waals surface area contributed by atoms with E-state index in [0.717, 1.165) is 11.3 Å². The second kappa shape index (κ2) is 7.27. The lowest BCUT2D eigenvalue weighted by Gasteiger charge is -2.02. The molecular weight excluding hydrogens is 334 g/mol. The van der Waals surface area contributed by atoms with Gasteiger partial charge in [0.1, 0.15) is 0 Å². The normalized spacial score (nSPS) is 11.0. The Morgan fingerprint density at radius 3 is 2.76 bits per heavy atom. The van der Waals surface area contributed by atoms with Crippen LogP contribution in [-0.2, 0) is 0 Å². The second-order valence-corrected chi connectivity index (χ2v) is 6.46. The Labute approximate surface area is 149 Å². The summed E-state index contributed by atoms with van der Waals surface area (Å²) in [4.78, 5) is 15.7. The number of aromatic carboxylic acids is 1. The topological polar surface area (TPSA) is 74.6 Å². The van der Waals surface area contributed by atoms with Crippen molar-refractivity contribution in [2.75, 3.05) is 5.43 Å². The summed E-state index contributed by atoms with van der Waals surface area (Å²) in [5, 5.41) is 15.9. The summed E-state index contributed by atoms with van der Waals surface area (Å²) in [5.41, 5.74) is 8.03. The predicted molar refractivity (Wildman–Crippen MR) is 102 cm³/mol. The van der Waals surface area contributed by atoms with Crippen LogP contribution in [0, 0.1) is 13.8 Å². The fourth-order valence-electron chi connectivity index (χ4n) is 2.32. The molecule has 25 heavy (non-hydrogen) atoms. The van der Waals surface area contributed by atoms with Gasteiger partial charge in [0.2, 0.25) is 5.13 Å². The molecule has 2 aromatic carbocycles. The molecule has 0 atom stereocenters. The first kappa shape index (κ1) is 16.9. The van der Waals surface area contributed by atoms with Gasteiger partial charge in [-0.3, -0.25) is 5.43 Å². The molecule has 1 aromatic heterocycles. The van der Waals surface area contributed by atoms with Crippen molar-refractivity contribution >= 4 is 28.7 Å². The Kier molecular flexibility index (Phi) is 4.90.